The first-order valence-electron chi connectivity index (χ1n) is 11.3. The first-order chi connectivity index (χ1) is 16.3. The molecule has 2 saturated heterocycles. The van der Waals surface area contributed by atoms with Gasteiger partial charge in [-0.1, -0.05) is 0 Å². The molecule has 3 aromatic heterocycles. The van der Waals surface area contributed by atoms with E-state index in [1.54, 1.807) is 27.9 Å². The average Bonchev–Trinajstić information content (AvgIpc) is 3.21. The molecule has 0 aromatic carbocycles. The van der Waals surface area contributed by atoms with Crippen molar-refractivity contribution >= 4 is 43.2 Å². The van der Waals surface area contributed by atoms with Crippen LogP contribution in [0.15, 0.2) is 24.4 Å². The maximum Gasteiger partial charge on any atom is 0.211 e. The summed E-state index contributed by atoms with van der Waals surface area (Å²) in [5.41, 5.74) is 7.49. The number of nitrogens with two attached hydrogens (primary N) is 1. The highest BCUT2D eigenvalue weighted by Crippen LogP contribution is 2.35. The van der Waals surface area contributed by atoms with E-state index in [2.05, 4.69) is 20.9 Å². The third-order valence-corrected chi connectivity index (χ3v) is 8.72. The van der Waals surface area contributed by atoms with Crippen LogP contribution in [0, 0.1) is 0 Å². The summed E-state index contributed by atoms with van der Waals surface area (Å²) in [6.07, 6.45) is 2.99. The highest BCUT2D eigenvalue weighted by atomic mass is 32.2. The minimum absolute atomic E-state index is 0.0496. The third kappa shape index (κ3) is 4.86. The van der Waals surface area contributed by atoms with Gasteiger partial charge < -0.3 is 15.4 Å². The van der Waals surface area contributed by atoms with Crippen molar-refractivity contribution in [3.63, 3.8) is 0 Å². The molecule has 0 aliphatic carbocycles. The number of sulfonamides is 1. The lowest BCUT2D eigenvalue weighted by Gasteiger charge is -2.38. The Hall–Kier alpha value is -2.38. The van der Waals surface area contributed by atoms with Crippen LogP contribution in [0.25, 0.3) is 21.6 Å². The Bertz CT molecular complexity index is 1270. The number of ether oxygens (including phenoxy) is 1. The highest BCUT2D eigenvalue weighted by Gasteiger charge is 2.30. The summed E-state index contributed by atoms with van der Waals surface area (Å²) in [5.74, 6) is 2.01. The molecular weight excluding hydrogens is 474 g/mol. The van der Waals surface area contributed by atoms with Crippen molar-refractivity contribution in [3.05, 3.63) is 29.3 Å². The molecule has 5 rings (SSSR count). The van der Waals surface area contributed by atoms with E-state index < -0.39 is 10.0 Å². The molecule has 182 valence electrons. The van der Waals surface area contributed by atoms with E-state index >= 15 is 0 Å². The largest absolute Gasteiger partial charge is 0.384 e. The highest BCUT2D eigenvalue weighted by molar-refractivity contribution is 7.88. The molecule has 0 bridgehead atoms. The fraction of sp³-hybridized carbons (Fsp3) is 0.500. The molecule has 0 spiro atoms. The van der Waals surface area contributed by atoms with Crippen molar-refractivity contribution in [2.45, 2.75) is 19.5 Å². The Morgan fingerprint density at radius 3 is 2.65 bits per heavy atom. The predicted octanol–water partition coefficient (Wildman–Crippen LogP) is 1.64. The molecule has 2 fully saturated rings. The maximum absolute atomic E-state index is 12.0. The van der Waals surface area contributed by atoms with Crippen LogP contribution < -0.4 is 10.6 Å². The smallest absolute Gasteiger partial charge is 0.211 e. The van der Waals surface area contributed by atoms with Gasteiger partial charge in [0, 0.05) is 61.9 Å². The molecule has 2 aliphatic rings. The van der Waals surface area contributed by atoms with Crippen LogP contribution in [0.4, 0.5) is 11.6 Å². The van der Waals surface area contributed by atoms with Crippen LogP contribution in [-0.4, -0.2) is 90.8 Å². The number of morpholine rings is 1. The minimum Gasteiger partial charge on any atom is -0.384 e. The Morgan fingerprint density at radius 1 is 1.18 bits per heavy atom. The summed E-state index contributed by atoms with van der Waals surface area (Å²) in [6.45, 7) is 7.54. The van der Waals surface area contributed by atoms with Gasteiger partial charge in [-0.15, -0.1) is 11.3 Å². The molecule has 2 N–H and O–H groups in total. The van der Waals surface area contributed by atoms with Crippen LogP contribution >= 0.6 is 11.3 Å². The zero-order valence-electron chi connectivity index (χ0n) is 19.3. The fourth-order valence-corrected chi connectivity index (χ4v) is 6.86. The van der Waals surface area contributed by atoms with Crippen molar-refractivity contribution < 1.29 is 13.2 Å². The number of aromatic nitrogens is 3. The summed E-state index contributed by atoms with van der Waals surface area (Å²) in [5, 5.41) is 0. The van der Waals surface area contributed by atoms with Gasteiger partial charge in [0.15, 0.2) is 11.6 Å². The molecule has 12 heteroatoms. The number of anilines is 2. The van der Waals surface area contributed by atoms with Gasteiger partial charge >= 0.3 is 0 Å². The number of nitrogens with zero attached hydrogens (tertiary/aromatic N) is 6. The first kappa shape index (κ1) is 23.4. The van der Waals surface area contributed by atoms with E-state index in [1.807, 2.05) is 13.0 Å². The van der Waals surface area contributed by atoms with Gasteiger partial charge in [0.2, 0.25) is 10.0 Å². The Labute approximate surface area is 203 Å². The van der Waals surface area contributed by atoms with Gasteiger partial charge in [0.25, 0.3) is 0 Å². The van der Waals surface area contributed by atoms with Crippen LogP contribution in [0.3, 0.4) is 0 Å². The summed E-state index contributed by atoms with van der Waals surface area (Å²) in [4.78, 5) is 19.8. The quantitative estimate of drug-likeness (QED) is 0.554. The molecule has 0 radical (unpaired) electrons. The van der Waals surface area contributed by atoms with Crippen LogP contribution in [-0.2, 0) is 21.3 Å². The number of nitrogen functional groups attached to an aromatic ring is 1. The lowest BCUT2D eigenvalue weighted by molar-refractivity contribution is 0.122. The van der Waals surface area contributed by atoms with Crippen LogP contribution in [0.5, 0.6) is 0 Å². The lowest BCUT2D eigenvalue weighted by Crippen LogP contribution is -2.53. The van der Waals surface area contributed by atoms with Crippen molar-refractivity contribution in [1.29, 1.82) is 0 Å². The van der Waals surface area contributed by atoms with Gasteiger partial charge in [-0.05, 0) is 25.1 Å². The first-order valence-corrected chi connectivity index (χ1v) is 14.0. The van der Waals surface area contributed by atoms with Crippen molar-refractivity contribution in [3.8, 4) is 11.4 Å². The predicted molar refractivity (Wildman–Crippen MR) is 134 cm³/mol. The number of thiophene rings is 1. The van der Waals surface area contributed by atoms with E-state index in [0.717, 1.165) is 41.2 Å². The van der Waals surface area contributed by atoms with Gasteiger partial charge in [-0.25, -0.2) is 23.4 Å². The normalized spacial score (nSPS) is 20.8. The standard InChI is InChI=1S/C22H29N7O3S2/c1-15-13-27(5-6-29(15)34(2,30)31)14-17-11-18-20(33-17)22(28-7-9-32-10-8-28)26-21(25-18)16-3-4-19(23)24-12-16/h3-4,11-12,15H,5-10,13-14H2,1-2H3,(H2,23,24)/t15-/m1/s1. The number of rotatable bonds is 5. The zero-order valence-corrected chi connectivity index (χ0v) is 21.0. The molecule has 1 atom stereocenters. The number of hydrogen-bond donors (Lipinski definition) is 1. The molecular formula is C22H29N7O3S2. The second-order valence-corrected chi connectivity index (χ2v) is 11.9. The SMILES string of the molecule is C[C@@H]1CN(Cc2cc3nc(-c4ccc(N)nc4)nc(N4CCOCC4)c3s2)CCN1S(C)(=O)=O. The van der Waals surface area contributed by atoms with Crippen LogP contribution in [0.2, 0.25) is 0 Å². The summed E-state index contributed by atoms with van der Waals surface area (Å²) >= 11 is 1.71. The third-order valence-electron chi connectivity index (χ3n) is 6.22. The number of pyridine rings is 1. The Balaban J connectivity index is 1.46. The summed E-state index contributed by atoms with van der Waals surface area (Å²) < 4.78 is 32.2. The van der Waals surface area contributed by atoms with E-state index in [4.69, 9.17) is 20.4 Å². The molecule has 3 aromatic rings. The fourth-order valence-electron chi connectivity index (χ4n) is 4.57. The molecule has 2 aliphatic heterocycles. The minimum atomic E-state index is -3.18. The topological polar surface area (TPSA) is 118 Å². The second-order valence-electron chi connectivity index (χ2n) is 8.83. The molecule has 34 heavy (non-hydrogen) atoms. The zero-order chi connectivity index (χ0) is 23.9. The van der Waals surface area contributed by atoms with Crippen molar-refractivity contribution in [2.24, 2.45) is 0 Å². The van der Waals surface area contributed by atoms with E-state index in [1.165, 1.54) is 11.1 Å². The van der Waals surface area contributed by atoms with Crippen molar-refractivity contribution in [2.75, 3.05) is 62.8 Å². The summed E-state index contributed by atoms with van der Waals surface area (Å²) in [6, 6.07) is 5.73. The van der Waals surface area contributed by atoms with Crippen LogP contribution in [0.1, 0.15) is 11.8 Å². The molecule has 10 nitrogen and oxygen atoms in total. The summed E-state index contributed by atoms with van der Waals surface area (Å²) in [7, 11) is -3.18. The number of fused-ring (bicyclic) bond motifs is 1. The van der Waals surface area contributed by atoms with Gasteiger partial charge in [0.05, 0.1) is 29.7 Å². The maximum atomic E-state index is 12.0. The van der Waals surface area contributed by atoms with Crippen molar-refractivity contribution in [1.82, 2.24) is 24.2 Å². The molecule has 0 amide bonds. The monoisotopic (exact) mass is 503 g/mol. The van der Waals surface area contributed by atoms with Gasteiger partial charge in [0.1, 0.15) is 5.82 Å². The molecule has 0 saturated carbocycles. The van der Waals surface area contributed by atoms with Gasteiger partial charge in [-0.3, -0.25) is 4.90 Å². The number of hydrogen-bond acceptors (Lipinski definition) is 10. The Morgan fingerprint density at radius 2 is 1.97 bits per heavy atom. The van der Waals surface area contributed by atoms with E-state index in [-0.39, 0.29) is 6.04 Å². The van der Waals surface area contributed by atoms with Gasteiger partial charge in [-0.2, -0.15) is 4.31 Å². The average molecular weight is 504 g/mol. The van der Waals surface area contributed by atoms with E-state index in [0.29, 0.717) is 44.5 Å². The lowest BCUT2D eigenvalue weighted by atomic mass is 10.2. The number of piperazine rings is 1. The molecule has 0 unspecified atom stereocenters. The second kappa shape index (κ2) is 9.34. The van der Waals surface area contributed by atoms with E-state index in [9.17, 15) is 8.42 Å². The Kier molecular flexibility index (Phi) is 6.42. The molecule has 5 heterocycles.